The van der Waals surface area contributed by atoms with E-state index >= 15 is 0 Å². The Labute approximate surface area is 120 Å². The molecule has 1 rings (SSSR count). The van der Waals surface area contributed by atoms with E-state index in [0.717, 1.165) is 10.9 Å². The van der Waals surface area contributed by atoms with E-state index in [1.165, 1.54) is 12.1 Å². The molecule has 0 fully saturated rings. The number of carboxylic acid groups (broad SMARTS) is 1. The Morgan fingerprint density at radius 3 is 2.74 bits per heavy atom. The quantitative estimate of drug-likeness (QED) is 0.704. The molecule has 0 spiro atoms. The Balaban J connectivity index is 2.32. The first-order valence-electron chi connectivity index (χ1n) is 5.87. The lowest BCUT2D eigenvalue weighted by atomic mass is 10.2. The highest BCUT2D eigenvalue weighted by molar-refractivity contribution is 9.10. The van der Waals surface area contributed by atoms with Crippen molar-refractivity contribution in [3.05, 3.63) is 28.2 Å². The van der Waals surface area contributed by atoms with E-state index in [4.69, 9.17) is 19.3 Å². The van der Waals surface area contributed by atoms with E-state index in [1.54, 1.807) is 13.2 Å². The first-order chi connectivity index (χ1) is 9.15. The molecule has 0 aliphatic rings. The summed E-state index contributed by atoms with van der Waals surface area (Å²) in [7, 11) is 1.62. The molecule has 1 aromatic rings. The van der Waals surface area contributed by atoms with Crippen LogP contribution in [0.25, 0.3) is 0 Å². The van der Waals surface area contributed by atoms with Crippen molar-refractivity contribution in [2.24, 2.45) is 0 Å². The average Bonchev–Trinajstić information content (AvgIpc) is 2.39. The molecule has 6 heteroatoms. The van der Waals surface area contributed by atoms with E-state index < -0.39 is 5.97 Å². The van der Waals surface area contributed by atoms with Crippen LogP contribution in [0.2, 0.25) is 0 Å². The largest absolute Gasteiger partial charge is 0.492 e. The molecule has 0 bridgehead atoms. The Morgan fingerprint density at radius 1 is 1.26 bits per heavy atom. The van der Waals surface area contributed by atoms with Crippen molar-refractivity contribution in [3.63, 3.8) is 0 Å². The second-order valence-corrected chi connectivity index (χ2v) is 4.61. The molecule has 0 aromatic heterocycles. The second kappa shape index (κ2) is 8.90. The van der Waals surface area contributed by atoms with Gasteiger partial charge in [0.25, 0.3) is 0 Å². The number of methoxy groups -OCH3 is 1. The maximum absolute atomic E-state index is 10.8. The molecular weight excluding hydrogens is 316 g/mol. The molecule has 1 N–H and O–H groups in total. The van der Waals surface area contributed by atoms with Crippen LogP contribution >= 0.6 is 15.9 Å². The third-order valence-electron chi connectivity index (χ3n) is 2.30. The van der Waals surface area contributed by atoms with Gasteiger partial charge in [-0.1, -0.05) is 0 Å². The smallest absolute Gasteiger partial charge is 0.335 e. The third-order valence-corrected chi connectivity index (χ3v) is 2.96. The van der Waals surface area contributed by atoms with Gasteiger partial charge in [0, 0.05) is 20.1 Å². The minimum Gasteiger partial charge on any atom is -0.492 e. The molecule has 0 amide bonds. The molecule has 5 nitrogen and oxygen atoms in total. The van der Waals surface area contributed by atoms with Crippen molar-refractivity contribution >= 4 is 21.9 Å². The van der Waals surface area contributed by atoms with Crippen LogP contribution in [0.3, 0.4) is 0 Å². The lowest BCUT2D eigenvalue weighted by molar-refractivity contribution is 0.0643. The monoisotopic (exact) mass is 332 g/mol. The number of aromatic carboxylic acids is 1. The number of rotatable bonds is 9. The minimum absolute atomic E-state index is 0.203. The van der Waals surface area contributed by atoms with Crippen LogP contribution in [0.5, 0.6) is 5.75 Å². The summed E-state index contributed by atoms with van der Waals surface area (Å²) in [6.45, 7) is 2.19. The fraction of sp³-hybridized carbons (Fsp3) is 0.462. The molecule has 19 heavy (non-hydrogen) atoms. The molecule has 0 saturated heterocycles. The molecular formula is C13H17BrO5. The van der Waals surface area contributed by atoms with Crippen molar-refractivity contribution in [1.29, 1.82) is 0 Å². The van der Waals surface area contributed by atoms with Crippen LogP contribution in [0.4, 0.5) is 0 Å². The van der Waals surface area contributed by atoms with Gasteiger partial charge in [-0.3, -0.25) is 0 Å². The summed E-state index contributed by atoms with van der Waals surface area (Å²) in [5, 5.41) is 8.89. The number of benzene rings is 1. The summed E-state index contributed by atoms with van der Waals surface area (Å²) in [6.07, 6.45) is 0.730. The third kappa shape index (κ3) is 6.04. The summed E-state index contributed by atoms with van der Waals surface area (Å²) >= 11 is 3.32. The molecule has 0 aliphatic heterocycles. The lowest BCUT2D eigenvalue weighted by Crippen LogP contribution is -2.07. The summed E-state index contributed by atoms with van der Waals surface area (Å²) < 4.78 is 16.4. The molecule has 0 atom stereocenters. The first-order valence-corrected chi connectivity index (χ1v) is 6.66. The summed E-state index contributed by atoms with van der Waals surface area (Å²) in [5.74, 6) is -0.447. The molecule has 106 valence electrons. The second-order valence-electron chi connectivity index (χ2n) is 3.76. The maximum Gasteiger partial charge on any atom is 0.335 e. The number of hydrogen-bond acceptors (Lipinski definition) is 4. The van der Waals surface area contributed by atoms with Gasteiger partial charge >= 0.3 is 5.97 Å². The number of ether oxygens (including phenoxy) is 3. The van der Waals surface area contributed by atoms with Gasteiger partial charge in [0.15, 0.2) is 0 Å². The highest BCUT2D eigenvalue weighted by Gasteiger charge is 2.07. The van der Waals surface area contributed by atoms with Crippen LogP contribution in [0.15, 0.2) is 22.7 Å². The predicted molar refractivity (Wildman–Crippen MR) is 73.9 cm³/mol. The van der Waals surface area contributed by atoms with Gasteiger partial charge in [-0.15, -0.1) is 0 Å². The van der Waals surface area contributed by atoms with E-state index in [2.05, 4.69) is 15.9 Å². The van der Waals surface area contributed by atoms with E-state index in [1.807, 2.05) is 0 Å². The Kier molecular flexibility index (Phi) is 7.47. The highest BCUT2D eigenvalue weighted by Crippen LogP contribution is 2.26. The van der Waals surface area contributed by atoms with Crippen molar-refractivity contribution in [2.75, 3.05) is 33.5 Å². The zero-order valence-electron chi connectivity index (χ0n) is 10.7. The van der Waals surface area contributed by atoms with Crippen molar-refractivity contribution in [3.8, 4) is 5.75 Å². The van der Waals surface area contributed by atoms with Gasteiger partial charge in [0.1, 0.15) is 5.75 Å². The van der Waals surface area contributed by atoms with Gasteiger partial charge in [0.05, 0.1) is 29.9 Å². The maximum atomic E-state index is 10.8. The van der Waals surface area contributed by atoms with Crippen molar-refractivity contribution < 1.29 is 24.1 Å². The average molecular weight is 333 g/mol. The van der Waals surface area contributed by atoms with Gasteiger partial charge in [-0.05, 0) is 34.1 Å². The lowest BCUT2D eigenvalue weighted by Gasteiger charge is -2.09. The molecule has 0 unspecified atom stereocenters. The van der Waals surface area contributed by atoms with Crippen molar-refractivity contribution in [1.82, 2.24) is 0 Å². The van der Waals surface area contributed by atoms with Gasteiger partial charge in [-0.25, -0.2) is 4.79 Å². The minimum atomic E-state index is -0.972. The van der Waals surface area contributed by atoms with Gasteiger partial charge in [-0.2, -0.15) is 0 Å². The molecule has 1 aromatic carbocycles. The summed E-state index contributed by atoms with van der Waals surface area (Å²) in [6, 6.07) is 4.68. The Bertz CT molecular complexity index is 408. The number of halogens is 1. The van der Waals surface area contributed by atoms with Crippen LogP contribution in [0, 0.1) is 0 Å². The van der Waals surface area contributed by atoms with Crippen molar-refractivity contribution in [2.45, 2.75) is 6.42 Å². The number of carbonyl (C=O) groups is 1. The Morgan fingerprint density at radius 2 is 2.05 bits per heavy atom. The standard InChI is InChI=1S/C13H17BrO5/c1-17-7-8-18-5-2-6-19-12-9-10(13(15)16)3-4-11(12)14/h3-4,9H,2,5-8H2,1H3,(H,15,16). The topological polar surface area (TPSA) is 65.0 Å². The summed E-state index contributed by atoms with van der Waals surface area (Å²) in [5.41, 5.74) is 0.203. The first kappa shape index (κ1) is 15.9. The molecule has 0 radical (unpaired) electrons. The van der Waals surface area contributed by atoms with E-state index in [0.29, 0.717) is 32.2 Å². The predicted octanol–water partition coefficient (Wildman–Crippen LogP) is 2.58. The van der Waals surface area contributed by atoms with Crippen LogP contribution in [-0.4, -0.2) is 44.6 Å². The molecule has 0 saturated carbocycles. The van der Waals surface area contributed by atoms with E-state index in [9.17, 15) is 4.79 Å². The van der Waals surface area contributed by atoms with Crippen LogP contribution < -0.4 is 4.74 Å². The van der Waals surface area contributed by atoms with Crippen LogP contribution in [-0.2, 0) is 9.47 Å². The molecule has 0 aliphatic carbocycles. The van der Waals surface area contributed by atoms with Crippen LogP contribution in [0.1, 0.15) is 16.8 Å². The van der Waals surface area contributed by atoms with Gasteiger partial charge in [0.2, 0.25) is 0 Å². The fourth-order valence-electron chi connectivity index (χ4n) is 1.33. The highest BCUT2D eigenvalue weighted by atomic mass is 79.9. The number of carboxylic acids is 1. The normalized spacial score (nSPS) is 10.4. The Hall–Kier alpha value is -1.11. The zero-order valence-corrected chi connectivity index (χ0v) is 12.3. The van der Waals surface area contributed by atoms with Gasteiger partial charge < -0.3 is 19.3 Å². The SMILES string of the molecule is COCCOCCCOc1cc(C(=O)O)ccc1Br. The fourth-order valence-corrected chi connectivity index (χ4v) is 1.70. The number of hydrogen-bond donors (Lipinski definition) is 1. The zero-order chi connectivity index (χ0) is 14.1. The van der Waals surface area contributed by atoms with E-state index in [-0.39, 0.29) is 5.56 Å². The summed E-state index contributed by atoms with van der Waals surface area (Å²) in [4.78, 5) is 10.8. The molecule has 0 heterocycles.